The van der Waals surface area contributed by atoms with Crippen LogP contribution in [0.3, 0.4) is 0 Å². The van der Waals surface area contributed by atoms with Gasteiger partial charge in [-0.15, -0.1) is 0 Å². The first-order valence-electron chi connectivity index (χ1n) is 5.99. The molecule has 0 unspecified atom stereocenters. The van der Waals surface area contributed by atoms with Crippen LogP contribution in [0.15, 0.2) is 51.6 Å². The predicted octanol–water partition coefficient (Wildman–Crippen LogP) is 6.11. The molecule has 0 fully saturated rings. The molecule has 0 radical (unpaired) electrons. The smallest absolute Gasteiger partial charge is 0.134 e. The fraction of sp³-hybridized carbons (Fsp3) is 0.0667. The van der Waals surface area contributed by atoms with E-state index in [4.69, 9.17) is 27.6 Å². The maximum atomic E-state index is 6.21. The number of anilines is 1. The molecule has 0 spiro atoms. The summed E-state index contributed by atoms with van der Waals surface area (Å²) in [6, 6.07) is 11.7. The predicted molar refractivity (Wildman–Crippen MR) is 87.7 cm³/mol. The fourth-order valence-corrected chi connectivity index (χ4v) is 2.86. The Morgan fingerprint density at radius 2 is 1.85 bits per heavy atom. The van der Waals surface area contributed by atoms with Crippen LogP contribution in [-0.4, -0.2) is 0 Å². The second-order valence-electron chi connectivity index (χ2n) is 4.33. The first-order valence-corrected chi connectivity index (χ1v) is 7.54. The molecule has 20 heavy (non-hydrogen) atoms. The molecule has 2 nitrogen and oxygen atoms in total. The van der Waals surface area contributed by atoms with E-state index in [0.717, 1.165) is 26.7 Å². The van der Waals surface area contributed by atoms with Gasteiger partial charge in [-0.05, 0) is 34.1 Å². The van der Waals surface area contributed by atoms with Gasteiger partial charge in [-0.2, -0.15) is 0 Å². The SMILES string of the molecule is Clc1c(Br)ccc(NCc2coc3ccccc23)c1Cl. The molecule has 2 aromatic carbocycles. The van der Waals surface area contributed by atoms with Crippen LogP contribution in [0.4, 0.5) is 5.69 Å². The second-order valence-corrected chi connectivity index (χ2v) is 5.94. The van der Waals surface area contributed by atoms with Crippen LogP contribution in [0.1, 0.15) is 5.56 Å². The van der Waals surface area contributed by atoms with Crippen molar-refractivity contribution in [3.05, 3.63) is 62.7 Å². The molecule has 0 saturated heterocycles. The Hall–Kier alpha value is -1.16. The van der Waals surface area contributed by atoms with Crippen LogP contribution in [0.5, 0.6) is 0 Å². The third-order valence-corrected chi connectivity index (χ3v) is 4.84. The van der Waals surface area contributed by atoms with E-state index in [2.05, 4.69) is 21.2 Å². The van der Waals surface area contributed by atoms with Crippen LogP contribution in [0.25, 0.3) is 11.0 Å². The minimum atomic E-state index is 0.508. The molecule has 0 bridgehead atoms. The van der Waals surface area contributed by atoms with E-state index in [1.54, 1.807) is 6.26 Å². The highest BCUT2D eigenvalue weighted by molar-refractivity contribution is 9.10. The maximum absolute atomic E-state index is 6.21. The highest BCUT2D eigenvalue weighted by Crippen LogP contribution is 2.36. The number of furan rings is 1. The highest BCUT2D eigenvalue weighted by Gasteiger charge is 2.09. The lowest BCUT2D eigenvalue weighted by Gasteiger charge is -2.09. The van der Waals surface area contributed by atoms with Gasteiger partial charge in [-0.1, -0.05) is 41.4 Å². The number of hydrogen-bond acceptors (Lipinski definition) is 2. The highest BCUT2D eigenvalue weighted by atomic mass is 79.9. The zero-order valence-electron chi connectivity index (χ0n) is 10.3. The lowest BCUT2D eigenvalue weighted by molar-refractivity contribution is 0.611. The van der Waals surface area contributed by atoms with Crippen molar-refractivity contribution in [1.29, 1.82) is 0 Å². The topological polar surface area (TPSA) is 25.2 Å². The second kappa shape index (κ2) is 5.68. The van der Waals surface area contributed by atoms with E-state index < -0.39 is 0 Å². The normalized spacial score (nSPS) is 10.9. The van der Waals surface area contributed by atoms with Crippen LogP contribution < -0.4 is 5.32 Å². The van der Waals surface area contributed by atoms with E-state index in [1.807, 2.05) is 36.4 Å². The standard InChI is InChI=1S/C15H10BrCl2NO/c16-11-5-6-12(15(18)14(11)17)19-7-9-8-20-13-4-2-1-3-10(9)13/h1-6,8,19H,7H2. The average molecular weight is 371 g/mol. The molecule has 1 heterocycles. The van der Waals surface area contributed by atoms with Crippen molar-refractivity contribution < 1.29 is 4.42 Å². The van der Waals surface area contributed by atoms with Crippen molar-refractivity contribution in [2.45, 2.75) is 6.54 Å². The van der Waals surface area contributed by atoms with Gasteiger partial charge in [0, 0.05) is 22.0 Å². The summed E-state index contributed by atoms with van der Waals surface area (Å²) in [5.74, 6) is 0. The molecule has 0 saturated carbocycles. The van der Waals surface area contributed by atoms with Crippen molar-refractivity contribution in [1.82, 2.24) is 0 Å². The summed E-state index contributed by atoms with van der Waals surface area (Å²) in [6.07, 6.45) is 1.76. The van der Waals surface area contributed by atoms with E-state index >= 15 is 0 Å². The van der Waals surface area contributed by atoms with Gasteiger partial charge in [0.15, 0.2) is 0 Å². The first-order chi connectivity index (χ1) is 9.66. The van der Waals surface area contributed by atoms with E-state index in [9.17, 15) is 0 Å². The zero-order chi connectivity index (χ0) is 14.1. The summed E-state index contributed by atoms with van der Waals surface area (Å²) in [5.41, 5.74) is 2.75. The molecule has 0 aliphatic carbocycles. The molecular formula is C15H10BrCl2NO. The van der Waals surface area contributed by atoms with Gasteiger partial charge in [0.2, 0.25) is 0 Å². The van der Waals surface area contributed by atoms with Gasteiger partial charge in [0.05, 0.1) is 22.0 Å². The number of benzene rings is 2. The fourth-order valence-electron chi connectivity index (χ4n) is 2.02. The van der Waals surface area contributed by atoms with Crippen LogP contribution in [0, 0.1) is 0 Å². The minimum Gasteiger partial charge on any atom is -0.464 e. The number of para-hydroxylation sites is 1. The van der Waals surface area contributed by atoms with Crippen molar-refractivity contribution in [2.75, 3.05) is 5.32 Å². The Morgan fingerprint density at radius 3 is 2.70 bits per heavy atom. The molecule has 102 valence electrons. The molecule has 0 aliphatic heterocycles. The van der Waals surface area contributed by atoms with Gasteiger partial charge in [-0.25, -0.2) is 0 Å². The molecule has 0 aliphatic rings. The zero-order valence-corrected chi connectivity index (χ0v) is 13.4. The lowest BCUT2D eigenvalue weighted by atomic mass is 10.2. The van der Waals surface area contributed by atoms with Gasteiger partial charge in [0.25, 0.3) is 0 Å². The summed E-state index contributed by atoms with van der Waals surface area (Å²) < 4.78 is 6.28. The third kappa shape index (κ3) is 2.53. The van der Waals surface area contributed by atoms with Crippen LogP contribution >= 0.6 is 39.1 Å². The Morgan fingerprint density at radius 1 is 1.05 bits per heavy atom. The van der Waals surface area contributed by atoms with E-state index in [0.29, 0.717) is 16.6 Å². The molecule has 0 atom stereocenters. The maximum Gasteiger partial charge on any atom is 0.134 e. The third-order valence-electron chi connectivity index (χ3n) is 3.07. The number of halogens is 3. The number of nitrogens with one attached hydrogen (secondary N) is 1. The number of hydrogen-bond donors (Lipinski definition) is 1. The molecule has 3 aromatic rings. The minimum absolute atomic E-state index is 0.508. The summed E-state index contributed by atoms with van der Waals surface area (Å²) in [6.45, 7) is 0.620. The largest absolute Gasteiger partial charge is 0.464 e. The lowest BCUT2D eigenvalue weighted by Crippen LogP contribution is -1.99. The molecule has 3 rings (SSSR count). The Bertz CT molecular complexity index is 770. The van der Waals surface area contributed by atoms with Crippen LogP contribution in [-0.2, 0) is 6.54 Å². The van der Waals surface area contributed by atoms with E-state index in [-0.39, 0.29) is 0 Å². The Balaban J connectivity index is 1.85. The number of rotatable bonds is 3. The molecule has 1 aromatic heterocycles. The van der Waals surface area contributed by atoms with Gasteiger partial charge >= 0.3 is 0 Å². The first kappa shape index (κ1) is 13.8. The van der Waals surface area contributed by atoms with Crippen molar-refractivity contribution in [3.8, 4) is 0 Å². The monoisotopic (exact) mass is 369 g/mol. The summed E-state index contributed by atoms with van der Waals surface area (Å²) in [5, 5.41) is 5.39. The van der Waals surface area contributed by atoms with Crippen molar-refractivity contribution in [2.24, 2.45) is 0 Å². The van der Waals surface area contributed by atoms with Crippen molar-refractivity contribution >= 4 is 55.8 Å². The van der Waals surface area contributed by atoms with Crippen molar-refractivity contribution in [3.63, 3.8) is 0 Å². The summed E-state index contributed by atoms with van der Waals surface area (Å²) >= 11 is 15.7. The molecule has 5 heteroatoms. The summed E-state index contributed by atoms with van der Waals surface area (Å²) in [4.78, 5) is 0. The van der Waals surface area contributed by atoms with Crippen LogP contribution in [0.2, 0.25) is 10.0 Å². The van der Waals surface area contributed by atoms with Gasteiger partial charge in [0.1, 0.15) is 5.58 Å². The average Bonchev–Trinajstić information content (AvgIpc) is 2.87. The molecular weight excluding hydrogens is 361 g/mol. The van der Waals surface area contributed by atoms with Gasteiger partial charge in [-0.3, -0.25) is 0 Å². The number of fused-ring (bicyclic) bond motifs is 1. The van der Waals surface area contributed by atoms with E-state index in [1.165, 1.54) is 0 Å². The van der Waals surface area contributed by atoms with Gasteiger partial charge < -0.3 is 9.73 Å². The molecule has 0 amide bonds. The Labute approximate surface area is 134 Å². The summed E-state index contributed by atoms with van der Waals surface area (Å²) in [7, 11) is 0. The Kier molecular flexibility index (Phi) is 3.92. The molecule has 1 N–H and O–H groups in total. The quantitative estimate of drug-likeness (QED) is 0.562.